The molecular weight excluding hydrogens is 272 g/mol. The summed E-state index contributed by atoms with van der Waals surface area (Å²) in [5, 5.41) is 8.48. The van der Waals surface area contributed by atoms with Crippen molar-refractivity contribution < 1.29 is 0 Å². The highest BCUT2D eigenvalue weighted by atomic mass is 15.4. The summed E-state index contributed by atoms with van der Waals surface area (Å²) in [6.45, 7) is 0. The van der Waals surface area contributed by atoms with E-state index in [4.69, 9.17) is 5.84 Å². The Morgan fingerprint density at radius 3 is 2.62 bits per heavy atom. The van der Waals surface area contributed by atoms with Gasteiger partial charge in [-0.25, -0.2) is 15.5 Å². The molecular formula is C11H12N10. The third-order valence-corrected chi connectivity index (χ3v) is 3.17. The number of nitrogen functional groups attached to an aromatic ring is 1. The van der Waals surface area contributed by atoms with Crippen LogP contribution in [0.1, 0.15) is 24.5 Å². The molecule has 0 aromatic carbocycles. The number of hydrogen-bond acceptors (Lipinski definition) is 8. The van der Waals surface area contributed by atoms with Gasteiger partial charge in [-0.05, 0) is 18.9 Å². The second-order valence-corrected chi connectivity index (χ2v) is 4.70. The molecule has 1 aliphatic rings. The van der Waals surface area contributed by atoms with Crippen LogP contribution < -0.4 is 11.3 Å². The maximum Gasteiger partial charge on any atom is 0.258 e. The molecule has 1 saturated carbocycles. The Balaban J connectivity index is 1.77. The van der Waals surface area contributed by atoms with Gasteiger partial charge in [-0.2, -0.15) is 29.8 Å². The molecule has 0 aliphatic heterocycles. The minimum atomic E-state index is 0.231. The summed E-state index contributed by atoms with van der Waals surface area (Å²) < 4.78 is 3.04. The van der Waals surface area contributed by atoms with Gasteiger partial charge in [-0.1, -0.05) is 0 Å². The quantitative estimate of drug-likeness (QED) is 0.498. The van der Waals surface area contributed by atoms with Gasteiger partial charge in [0.1, 0.15) is 12.7 Å². The molecule has 3 N–H and O–H groups in total. The third-order valence-electron chi connectivity index (χ3n) is 3.17. The first kappa shape index (κ1) is 11.9. The van der Waals surface area contributed by atoms with Gasteiger partial charge in [0, 0.05) is 12.1 Å². The number of nitrogens with two attached hydrogens (primary N) is 1. The van der Waals surface area contributed by atoms with Crippen molar-refractivity contribution in [3.05, 3.63) is 30.6 Å². The largest absolute Gasteiger partial charge is 0.292 e. The smallest absolute Gasteiger partial charge is 0.258 e. The highest BCUT2D eigenvalue weighted by Crippen LogP contribution is 2.38. The molecule has 4 rings (SSSR count). The van der Waals surface area contributed by atoms with Crippen LogP contribution in [0, 0.1) is 0 Å². The molecule has 0 amide bonds. The van der Waals surface area contributed by atoms with E-state index >= 15 is 0 Å². The fourth-order valence-electron chi connectivity index (χ4n) is 1.98. The molecule has 3 aromatic heterocycles. The zero-order valence-corrected chi connectivity index (χ0v) is 11.0. The van der Waals surface area contributed by atoms with Crippen LogP contribution in [0.2, 0.25) is 0 Å². The lowest BCUT2D eigenvalue weighted by molar-refractivity contribution is 0.735. The number of rotatable bonds is 4. The molecule has 0 spiro atoms. The second-order valence-electron chi connectivity index (χ2n) is 4.70. The molecule has 0 atom stereocenters. The van der Waals surface area contributed by atoms with Gasteiger partial charge in [0.05, 0.1) is 5.69 Å². The highest BCUT2D eigenvalue weighted by Gasteiger charge is 2.26. The Morgan fingerprint density at radius 2 is 1.95 bits per heavy atom. The fourth-order valence-corrected chi connectivity index (χ4v) is 1.98. The number of hydrazine groups is 1. The Labute approximate surface area is 119 Å². The molecule has 0 saturated heterocycles. The minimum absolute atomic E-state index is 0.231. The van der Waals surface area contributed by atoms with Crippen molar-refractivity contribution in [2.45, 2.75) is 18.8 Å². The van der Waals surface area contributed by atoms with Crippen LogP contribution in [0.15, 0.2) is 24.9 Å². The summed E-state index contributed by atoms with van der Waals surface area (Å²) >= 11 is 0. The van der Waals surface area contributed by atoms with Crippen LogP contribution in [-0.2, 0) is 0 Å². The van der Waals surface area contributed by atoms with Crippen LogP contribution in [0.25, 0.3) is 11.9 Å². The zero-order valence-electron chi connectivity index (χ0n) is 11.0. The molecule has 10 heteroatoms. The van der Waals surface area contributed by atoms with Crippen LogP contribution in [0.3, 0.4) is 0 Å². The van der Waals surface area contributed by atoms with E-state index in [1.165, 1.54) is 30.2 Å². The first-order valence-electron chi connectivity index (χ1n) is 6.47. The van der Waals surface area contributed by atoms with Gasteiger partial charge in [0.15, 0.2) is 0 Å². The molecule has 10 nitrogen and oxygen atoms in total. The lowest BCUT2D eigenvalue weighted by Crippen LogP contribution is -2.16. The van der Waals surface area contributed by atoms with E-state index < -0.39 is 0 Å². The first-order valence-corrected chi connectivity index (χ1v) is 6.47. The average molecular weight is 284 g/mol. The van der Waals surface area contributed by atoms with Crippen molar-refractivity contribution in [3.8, 4) is 11.9 Å². The van der Waals surface area contributed by atoms with Gasteiger partial charge < -0.3 is 0 Å². The topological polar surface area (TPSA) is 125 Å². The maximum atomic E-state index is 5.40. The summed E-state index contributed by atoms with van der Waals surface area (Å²) in [4.78, 5) is 16.5. The Bertz CT molecular complexity index is 757. The van der Waals surface area contributed by atoms with Crippen molar-refractivity contribution in [3.63, 3.8) is 0 Å². The first-order chi connectivity index (χ1) is 10.3. The monoisotopic (exact) mass is 284 g/mol. The lowest BCUT2D eigenvalue weighted by atomic mass is 10.3. The van der Waals surface area contributed by atoms with Crippen molar-refractivity contribution in [2.24, 2.45) is 5.84 Å². The van der Waals surface area contributed by atoms with Crippen LogP contribution in [0.5, 0.6) is 0 Å². The zero-order chi connectivity index (χ0) is 14.2. The molecule has 3 heterocycles. The summed E-state index contributed by atoms with van der Waals surface area (Å²) in [6, 6.07) is 1.98. The van der Waals surface area contributed by atoms with Gasteiger partial charge >= 0.3 is 0 Å². The Morgan fingerprint density at radius 1 is 1.14 bits per heavy atom. The van der Waals surface area contributed by atoms with Crippen molar-refractivity contribution in [1.82, 2.24) is 39.5 Å². The summed E-state index contributed by atoms with van der Waals surface area (Å²) in [5.74, 6) is 6.88. The van der Waals surface area contributed by atoms with Crippen molar-refractivity contribution in [2.75, 3.05) is 5.43 Å². The van der Waals surface area contributed by atoms with Gasteiger partial charge in [0.2, 0.25) is 5.95 Å². The van der Waals surface area contributed by atoms with Gasteiger partial charge in [-0.15, -0.1) is 0 Å². The van der Waals surface area contributed by atoms with Crippen molar-refractivity contribution in [1.29, 1.82) is 0 Å². The number of hydrogen-bond donors (Lipinski definition) is 2. The standard InChI is InChI=1S/C11H12N10/c12-18-9-15-10(17-11(16-9)21-6-13-5-14-21)20-4-3-8(19-20)7-1-2-7/h3-7H,1-2,12H2,(H,15,16,17,18). The van der Waals surface area contributed by atoms with Crippen molar-refractivity contribution >= 4 is 5.95 Å². The van der Waals surface area contributed by atoms with Gasteiger partial charge in [0.25, 0.3) is 11.9 Å². The van der Waals surface area contributed by atoms with Crippen LogP contribution >= 0.6 is 0 Å². The SMILES string of the molecule is NNc1nc(-n2cncn2)nc(-n2ccc(C3CC3)n2)n1. The minimum Gasteiger partial charge on any atom is -0.292 e. The highest BCUT2D eigenvalue weighted by molar-refractivity contribution is 5.31. The molecule has 1 aliphatic carbocycles. The normalized spacial score (nSPS) is 14.3. The summed E-state index contributed by atoms with van der Waals surface area (Å²) in [7, 11) is 0. The lowest BCUT2D eigenvalue weighted by Gasteiger charge is -2.05. The third kappa shape index (κ3) is 2.21. The van der Waals surface area contributed by atoms with Crippen LogP contribution in [-0.4, -0.2) is 39.5 Å². The van der Waals surface area contributed by atoms with E-state index in [0.717, 1.165) is 5.69 Å². The molecule has 0 bridgehead atoms. The van der Waals surface area contributed by atoms with Gasteiger partial charge in [-0.3, -0.25) is 5.43 Å². The molecule has 1 fully saturated rings. The summed E-state index contributed by atoms with van der Waals surface area (Å²) in [6.07, 6.45) is 7.10. The number of anilines is 1. The summed E-state index contributed by atoms with van der Waals surface area (Å²) in [5.41, 5.74) is 3.47. The van der Waals surface area contributed by atoms with E-state index in [2.05, 4.69) is 35.6 Å². The predicted octanol–water partition coefficient (Wildman–Crippen LogP) is -0.199. The second kappa shape index (κ2) is 4.59. The predicted molar refractivity (Wildman–Crippen MR) is 71.7 cm³/mol. The molecule has 0 unspecified atom stereocenters. The molecule has 21 heavy (non-hydrogen) atoms. The van der Waals surface area contributed by atoms with E-state index in [9.17, 15) is 0 Å². The van der Waals surface area contributed by atoms with E-state index in [-0.39, 0.29) is 5.95 Å². The number of nitrogens with one attached hydrogen (secondary N) is 1. The van der Waals surface area contributed by atoms with E-state index in [0.29, 0.717) is 17.8 Å². The Kier molecular flexibility index (Phi) is 2.60. The molecule has 0 radical (unpaired) electrons. The fraction of sp³-hybridized carbons (Fsp3) is 0.273. The number of aromatic nitrogens is 8. The molecule has 106 valence electrons. The number of nitrogens with zero attached hydrogens (tertiary/aromatic N) is 8. The van der Waals surface area contributed by atoms with E-state index in [1.54, 1.807) is 4.68 Å². The molecule has 3 aromatic rings. The maximum absolute atomic E-state index is 5.40. The Hall–Kier alpha value is -2.88. The van der Waals surface area contributed by atoms with E-state index in [1.807, 2.05) is 12.3 Å². The van der Waals surface area contributed by atoms with Crippen LogP contribution in [0.4, 0.5) is 5.95 Å². The average Bonchev–Trinajstić information content (AvgIpc) is 3.05.